The summed E-state index contributed by atoms with van der Waals surface area (Å²) in [5.74, 6) is 0. The first kappa shape index (κ1) is 8.02. The summed E-state index contributed by atoms with van der Waals surface area (Å²) in [6.45, 7) is 1.90. The highest BCUT2D eigenvalue weighted by Gasteiger charge is 1.84. The van der Waals surface area contributed by atoms with E-state index in [0.717, 1.165) is 5.56 Å². The lowest BCUT2D eigenvalue weighted by atomic mass is 10.1. The molecular formula is C10H11O. The Morgan fingerprint density at radius 1 is 1.27 bits per heavy atom. The molecule has 0 aromatic heterocycles. The monoisotopic (exact) mass is 147 g/mol. The van der Waals surface area contributed by atoms with Gasteiger partial charge in [0, 0.05) is 0 Å². The third kappa shape index (κ3) is 2.56. The van der Waals surface area contributed by atoms with Crippen LogP contribution in [0.3, 0.4) is 0 Å². The van der Waals surface area contributed by atoms with Gasteiger partial charge in [0.05, 0.1) is 0 Å². The van der Waals surface area contributed by atoms with Crippen LogP contribution >= 0.6 is 0 Å². The van der Waals surface area contributed by atoms with Crippen molar-refractivity contribution < 1.29 is 5.11 Å². The molecule has 1 heteroatoms. The van der Waals surface area contributed by atoms with E-state index in [1.54, 1.807) is 6.08 Å². The summed E-state index contributed by atoms with van der Waals surface area (Å²) in [5.41, 5.74) is 2.33. The van der Waals surface area contributed by atoms with E-state index in [4.69, 9.17) is 0 Å². The predicted octanol–water partition coefficient (Wildman–Crippen LogP) is 2.44. The van der Waals surface area contributed by atoms with Crippen LogP contribution in [-0.2, 0) is 5.11 Å². The van der Waals surface area contributed by atoms with E-state index in [0.29, 0.717) is 0 Å². The number of hydrogen-bond acceptors (Lipinski definition) is 0. The molecule has 0 spiro atoms. The third-order valence-corrected chi connectivity index (χ3v) is 1.48. The zero-order valence-electron chi connectivity index (χ0n) is 6.58. The molecule has 0 bridgehead atoms. The van der Waals surface area contributed by atoms with Crippen molar-refractivity contribution in [2.24, 2.45) is 0 Å². The standard InChI is InChI=1S/C10H11O/c1-9-4-6-10(7-5-9)3-2-8-11/h2-7H,8H2,1H3/b3-2+. The molecule has 0 aliphatic carbocycles. The lowest BCUT2D eigenvalue weighted by molar-refractivity contribution is 0.233. The minimum atomic E-state index is -0.145. The highest BCUT2D eigenvalue weighted by atomic mass is 16.2. The summed E-state index contributed by atoms with van der Waals surface area (Å²) in [6, 6.07) is 8.07. The van der Waals surface area contributed by atoms with E-state index < -0.39 is 0 Å². The highest BCUT2D eigenvalue weighted by molar-refractivity contribution is 5.49. The van der Waals surface area contributed by atoms with Crippen LogP contribution in [0.25, 0.3) is 6.08 Å². The van der Waals surface area contributed by atoms with Crippen molar-refractivity contribution in [3.8, 4) is 0 Å². The van der Waals surface area contributed by atoms with Crippen molar-refractivity contribution in [1.29, 1.82) is 0 Å². The lowest BCUT2D eigenvalue weighted by Crippen LogP contribution is -1.74. The SMILES string of the molecule is Cc1ccc(/C=C/C[O])cc1. The Morgan fingerprint density at radius 3 is 2.45 bits per heavy atom. The molecule has 0 amide bonds. The Hall–Kier alpha value is -1.08. The lowest BCUT2D eigenvalue weighted by Gasteiger charge is -1.92. The fourth-order valence-corrected chi connectivity index (χ4v) is 0.862. The van der Waals surface area contributed by atoms with Gasteiger partial charge in [0.2, 0.25) is 0 Å². The molecule has 1 aromatic rings. The smallest absolute Gasteiger partial charge is 0.101 e. The van der Waals surface area contributed by atoms with E-state index in [1.807, 2.05) is 37.3 Å². The maximum atomic E-state index is 10.1. The number of benzene rings is 1. The summed E-state index contributed by atoms with van der Waals surface area (Å²) in [6.07, 6.45) is 3.46. The van der Waals surface area contributed by atoms with Crippen molar-refractivity contribution in [1.82, 2.24) is 0 Å². The minimum Gasteiger partial charge on any atom is -0.232 e. The van der Waals surface area contributed by atoms with E-state index >= 15 is 0 Å². The Kier molecular flexibility index (Phi) is 2.87. The average molecular weight is 147 g/mol. The van der Waals surface area contributed by atoms with Crippen LogP contribution in [0.15, 0.2) is 30.3 Å². The molecule has 0 N–H and O–H groups in total. The Labute approximate surface area is 67.0 Å². The largest absolute Gasteiger partial charge is 0.232 e. The fourth-order valence-electron chi connectivity index (χ4n) is 0.862. The summed E-state index contributed by atoms with van der Waals surface area (Å²) in [4.78, 5) is 0. The first-order chi connectivity index (χ1) is 5.33. The van der Waals surface area contributed by atoms with Crippen LogP contribution in [0, 0.1) is 6.92 Å². The molecule has 0 atom stereocenters. The third-order valence-electron chi connectivity index (χ3n) is 1.48. The molecule has 11 heavy (non-hydrogen) atoms. The molecule has 57 valence electrons. The molecule has 1 radical (unpaired) electrons. The second-order valence-corrected chi connectivity index (χ2v) is 2.48. The van der Waals surface area contributed by atoms with Gasteiger partial charge in [0.15, 0.2) is 0 Å². The normalized spacial score (nSPS) is 10.7. The molecule has 0 fully saturated rings. The first-order valence-corrected chi connectivity index (χ1v) is 3.64. The Morgan fingerprint density at radius 2 is 1.91 bits per heavy atom. The van der Waals surface area contributed by atoms with Crippen LogP contribution < -0.4 is 0 Å². The molecule has 1 nitrogen and oxygen atoms in total. The fraction of sp³-hybridized carbons (Fsp3) is 0.200. The zero-order valence-corrected chi connectivity index (χ0v) is 6.58. The number of aryl methyl sites for hydroxylation is 1. The van der Waals surface area contributed by atoms with Crippen LogP contribution in [-0.4, -0.2) is 6.61 Å². The van der Waals surface area contributed by atoms with Gasteiger partial charge in [0.25, 0.3) is 0 Å². The van der Waals surface area contributed by atoms with Gasteiger partial charge in [-0.25, -0.2) is 5.11 Å². The molecule has 0 aliphatic rings. The number of hydrogen-bond donors (Lipinski definition) is 0. The summed E-state index contributed by atoms with van der Waals surface area (Å²) >= 11 is 0. The highest BCUT2D eigenvalue weighted by Crippen LogP contribution is 2.04. The van der Waals surface area contributed by atoms with Gasteiger partial charge in [-0.15, -0.1) is 0 Å². The van der Waals surface area contributed by atoms with Crippen molar-refractivity contribution in [2.75, 3.05) is 6.61 Å². The molecule has 0 saturated carbocycles. The van der Waals surface area contributed by atoms with Crippen LogP contribution in [0.4, 0.5) is 0 Å². The topological polar surface area (TPSA) is 19.9 Å². The zero-order chi connectivity index (χ0) is 8.10. The van der Waals surface area contributed by atoms with Gasteiger partial charge >= 0.3 is 0 Å². The summed E-state index contributed by atoms with van der Waals surface area (Å²) in [7, 11) is 0. The quantitative estimate of drug-likeness (QED) is 0.612. The van der Waals surface area contributed by atoms with Crippen LogP contribution in [0.5, 0.6) is 0 Å². The molecule has 0 saturated heterocycles. The molecular weight excluding hydrogens is 136 g/mol. The molecule has 0 heterocycles. The summed E-state index contributed by atoms with van der Waals surface area (Å²) < 4.78 is 0. The molecule has 0 aliphatic heterocycles. The maximum Gasteiger partial charge on any atom is 0.101 e. The van der Waals surface area contributed by atoms with Gasteiger partial charge in [-0.1, -0.05) is 42.0 Å². The van der Waals surface area contributed by atoms with Crippen molar-refractivity contribution in [2.45, 2.75) is 6.92 Å². The Bertz CT molecular complexity index is 234. The van der Waals surface area contributed by atoms with Gasteiger partial charge < -0.3 is 0 Å². The molecule has 1 rings (SSSR count). The average Bonchev–Trinajstić information content (AvgIpc) is 2.04. The van der Waals surface area contributed by atoms with E-state index in [-0.39, 0.29) is 6.61 Å². The van der Waals surface area contributed by atoms with Gasteiger partial charge in [-0.05, 0) is 12.5 Å². The minimum absolute atomic E-state index is 0.145. The molecule has 0 unspecified atom stereocenters. The predicted molar refractivity (Wildman–Crippen MR) is 45.8 cm³/mol. The maximum absolute atomic E-state index is 10.1. The second kappa shape index (κ2) is 3.94. The van der Waals surface area contributed by atoms with E-state index in [9.17, 15) is 5.11 Å². The number of rotatable bonds is 2. The summed E-state index contributed by atoms with van der Waals surface area (Å²) in [5, 5.41) is 10.1. The second-order valence-electron chi connectivity index (χ2n) is 2.48. The van der Waals surface area contributed by atoms with Crippen molar-refractivity contribution in [3.63, 3.8) is 0 Å². The van der Waals surface area contributed by atoms with Crippen LogP contribution in [0.1, 0.15) is 11.1 Å². The van der Waals surface area contributed by atoms with E-state index in [2.05, 4.69) is 0 Å². The van der Waals surface area contributed by atoms with E-state index in [1.165, 1.54) is 5.56 Å². The van der Waals surface area contributed by atoms with Crippen molar-refractivity contribution >= 4 is 6.08 Å². The van der Waals surface area contributed by atoms with Gasteiger partial charge in [-0.2, -0.15) is 0 Å². The molecule has 1 aromatic carbocycles. The van der Waals surface area contributed by atoms with Gasteiger partial charge in [0.1, 0.15) is 6.61 Å². The first-order valence-electron chi connectivity index (χ1n) is 3.64. The van der Waals surface area contributed by atoms with Gasteiger partial charge in [-0.3, -0.25) is 0 Å². The van der Waals surface area contributed by atoms with Crippen LogP contribution in [0.2, 0.25) is 0 Å². The Balaban J connectivity index is 2.73. The van der Waals surface area contributed by atoms with Crippen molar-refractivity contribution in [3.05, 3.63) is 41.5 Å².